The number of ether oxygens (including phenoxy) is 2. The Morgan fingerprint density at radius 3 is 1.41 bits per heavy atom. The third-order valence-electron chi connectivity index (χ3n) is 7.80. The van der Waals surface area contributed by atoms with Crippen LogP contribution in [0.4, 0.5) is 0 Å². The minimum atomic E-state index is 0. The molecule has 0 amide bonds. The predicted molar refractivity (Wildman–Crippen MR) is 181 cm³/mol. The first-order valence-electron chi connectivity index (χ1n) is 15.1. The fourth-order valence-corrected chi connectivity index (χ4v) is 5.42. The summed E-state index contributed by atoms with van der Waals surface area (Å²) in [6.45, 7) is 3.98. The molecular formula is C40H25N5O2Pd2. The molecule has 8 aromatic rings. The first-order valence-corrected chi connectivity index (χ1v) is 15.1. The van der Waals surface area contributed by atoms with E-state index in [-0.39, 0.29) is 40.8 Å². The van der Waals surface area contributed by atoms with E-state index in [1.54, 1.807) is 30.9 Å². The molecule has 0 bridgehead atoms. The Bertz CT molecular complexity index is 2240. The van der Waals surface area contributed by atoms with Crippen LogP contribution >= 0.6 is 0 Å². The summed E-state index contributed by atoms with van der Waals surface area (Å²) in [6, 6.07) is 42.9. The van der Waals surface area contributed by atoms with Crippen molar-refractivity contribution in [1.82, 2.24) is 24.5 Å². The zero-order chi connectivity index (χ0) is 31.7. The topological polar surface area (TPSA) is 75.0 Å². The number of nitrogens with zero attached hydrogens (tertiary/aromatic N) is 5. The number of hydrogen-bond acceptors (Lipinski definition) is 6. The number of rotatable bonds is 7. The van der Waals surface area contributed by atoms with Crippen molar-refractivity contribution in [3.63, 3.8) is 0 Å². The SMILES string of the molecule is Cc1ccc(-c2ccccn2)[c-]c1Oc1[c-]c2c(cc1)c1ccc(Oc3[c-]c(-c4ccccn4)ccc3C)[c-]c1n2-c1ncccn1.[Pd+2].[Pd+2]. The fourth-order valence-electron chi connectivity index (χ4n) is 5.42. The van der Waals surface area contributed by atoms with E-state index in [0.717, 1.165) is 55.4 Å². The molecule has 0 aliphatic carbocycles. The maximum absolute atomic E-state index is 6.39. The van der Waals surface area contributed by atoms with Gasteiger partial charge in [0.1, 0.15) is 0 Å². The maximum Gasteiger partial charge on any atom is 2.00 e. The van der Waals surface area contributed by atoms with E-state index < -0.39 is 0 Å². The second-order valence-corrected chi connectivity index (χ2v) is 11.0. The summed E-state index contributed by atoms with van der Waals surface area (Å²) in [6.07, 6.45) is 6.96. The van der Waals surface area contributed by atoms with Crippen molar-refractivity contribution in [3.8, 4) is 51.5 Å². The first kappa shape index (κ1) is 33.9. The van der Waals surface area contributed by atoms with Crippen LogP contribution in [0.5, 0.6) is 23.0 Å². The molecule has 0 unspecified atom stereocenters. The molecule has 7 nitrogen and oxygen atoms in total. The van der Waals surface area contributed by atoms with Crippen LogP contribution in [0.3, 0.4) is 0 Å². The fraction of sp³-hybridized carbons (Fsp3) is 0.0500. The molecule has 0 atom stereocenters. The van der Waals surface area contributed by atoms with Crippen LogP contribution in [-0.4, -0.2) is 24.5 Å². The van der Waals surface area contributed by atoms with Crippen molar-refractivity contribution in [2.45, 2.75) is 13.8 Å². The average Bonchev–Trinajstić information content (AvgIpc) is 3.44. The van der Waals surface area contributed by atoms with Gasteiger partial charge in [0.15, 0.2) is 0 Å². The standard InChI is InChI=1S/C40H25N5O2.2Pd/c1-26-10-12-28(34-8-3-5-18-41-34)22-38(26)46-30-14-16-32-33-17-15-31(25-37(33)45(36(32)24-30)40-43-20-7-21-44-40)47-39-23-29(13-11-27(39)2)35-9-4-6-19-42-35;;/h3-21H,1-2H3;;/q-4;2*+2. The molecular weight excluding hydrogens is 795 g/mol. The third kappa shape index (κ3) is 6.81. The van der Waals surface area contributed by atoms with Crippen LogP contribution in [0.1, 0.15) is 11.1 Å². The van der Waals surface area contributed by atoms with Crippen molar-refractivity contribution >= 4 is 21.8 Å². The molecule has 242 valence electrons. The number of hydrogen-bond donors (Lipinski definition) is 0. The smallest absolute Gasteiger partial charge is 0.503 e. The van der Waals surface area contributed by atoms with Gasteiger partial charge >= 0.3 is 40.8 Å². The van der Waals surface area contributed by atoms with Gasteiger partial charge in [0, 0.05) is 47.8 Å². The summed E-state index contributed by atoms with van der Waals surface area (Å²) >= 11 is 0. The van der Waals surface area contributed by atoms with Gasteiger partial charge in [0.05, 0.1) is 0 Å². The van der Waals surface area contributed by atoms with Crippen molar-refractivity contribution in [3.05, 3.63) is 151 Å². The molecule has 49 heavy (non-hydrogen) atoms. The van der Waals surface area contributed by atoms with Crippen molar-refractivity contribution in [1.29, 1.82) is 0 Å². The third-order valence-corrected chi connectivity index (χ3v) is 7.80. The Kier molecular flexibility index (Phi) is 10.1. The number of pyridine rings is 2. The minimum Gasteiger partial charge on any atom is -0.503 e. The first-order chi connectivity index (χ1) is 23.1. The summed E-state index contributed by atoms with van der Waals surface area (Å²) in [5.74, 6) is 2.74. The zero-order valence-electron chi connectivity index (χ0n) is 26.2. The Morgan fingerprint density at radius 2 is 0.959 bits per heavy atom. The number of aromatic nitrogens is 5. The normalized spacial score (nSPS) is 10.7. The van der Waals surface area contributed by atoms with Crippen LogP contribution in [0.15, 0.2) is 116 Å². The largest absolute Gasteiger partial charge is 2.00 e. The summed E-state index contributed by atoms with van der Waals surface area (Å²) < 4.78 is 14.7. The Balaban J connectivity index is 0.00000208. The van der Waals surface area contributed by atoms with E-state index in [2.05, 4.69) is 44.2 Å². The van der Waals surface area contributed by atoms with E-state index in [1.807, 2.05) is 103 Å². The zero-order valence-corrected chi connectivity index (χ0v) is 29.3. The van der Waals surface area contributed by atoms with Gasteiger partial charge in [-0.3, -0.25) is 0 Å². The van der Waals surface area contributed by atoms with E-state index in [0.29, 0.717) is 28.9 Å². The van der Waals surface area contributed by atoms with Crippen LogP contribution in [-0.2, 0) is 40.8 Å². The van der Waals surface area contributed by atoms with E-state index in [9.17, 15) is 0 Å². The van der Waals surface area contributed by atoms with Gasteiger partial charge in [0.2, 0.25) is 5.95 Å². The van der Waals surface area contributed by atoms with Gasteiger partial charge in [-0.15, -0.1) is 59.7 Å². The molecule has 0 aliphatic heterocycles. The van der Waals surface area contributed by atoms with Gasteiger partial charge in [-0.2, -0.15) is 22.9 Å². The van der Waals surface area contributed by atoms with Crippen LogP contribution in [0.2, 0.25) is 0 Å². The molecule has 0 fully saturated rings. The van der Waals surface area contributed by atoms with Crippen LogP contribution in [0, 0.1) is 38.1 Å². The Labute approximate surface area is 311 Å². The van der Waals surface area contributed by atoms with Crippen LogP contribution in [0.25, 0.3) is 50.3 Å². The number of benzene rings is 4. The Hall–Kier alpha value is -5.02. The van der Waals surface area contributed by atoms with Crippen molar-refractivity contribution in [2.75, 3.05) is 0 Å². The van der Waals surface area contributed by atoms with Gasteiger partial charge < -0.3 is 24.0 Å². The van der Waals surface area contributed by atoms with Gasteiger partial charge in [-0.1, -0.05) is 72.4 Å². The molecule has 4 aromatic heterocycles. The van der Waals surface area contributed by atoms with Crippen LogP contribution < -0.4 is 9.47 Å². The second-order valence-electron chi connectivity index (χ2n) is 11.0. The van der Waals surface area contributed by atoms with Gasteiger partial charge in [0.25, 0.3) is 0 Å². The molecule has 4 heterocycles. The molecule has 0 saturated carbocycles. The predicted octanol–water partition coefficient (Wildman–Crippen LogP) is 9.09. The molecule has 8 rings (SSSR count). The van der Waals surface area contributed by atoms with Crippen molar-refractivity contribution < 1.29 is 50.3 Å². The summed E-state index contributed by atoms with van der Waals surface area (Å²) in [5, 5.41) is 1.90. The summed E-state index contributed by atoms with van der Waals surface area (Å²) in [5.41, 5.74) is 6.72. The van der Waals surface area contributed by atoms with E-state index in [4.69, 9.17) is 9.47 Å². The number of fused-ring (bicyclic) bond motifs is 3. The molecule has 4 aromatic carbocycles. The monoisotopic (exact) mass is 819 g/mol. The minimum absolute atomic E-state index is 0. The van der Waals surface area contributed by atoms with E-state index in [1.165, 1.54) is 0 Å². The maximum atomic E-state index is 6.39. The van der Waals surface area contributed by atoms with Crippen molar-refractivity contribution in [2.24, 2.45) is 0 Å². The van der Waals surface area contributed by atoms with Gasteiger partial charge in [-0.05, 0) is 29.6 Å². The molecule has 0 saturated heterocycles. The Morgan fingerprint density at radius 1 is 0.490 bits per heavy atom. The van der Waals surface area contributed by atoms with E-state index >= 15 is 0 Å². The summed E-state index contributed by atoms with van der Waals surface area (Å²) in [7, 11) is 0. The molecule has 0 spiro atoms. The molecule has 0 radical (unpaired) electrons. The second kappa shape index (κ2) is 14.6. The molecule has 0 aliphatic rings. The molecule has 9 heteroatoms. The van der Waals surface area contributed by atoms with Gasteiger partial charge in [-0.25, -0.2) is 9.97 Å². The summed E-state index contributed by atoms with van der Waals surface area (Å²) in [4.78, 5) is 18.1. The average molecular weight is 821 g/mol. The number of aryl methyl sites for hydroxylation is 2. The molecule has 0 N–H and O–H groups in total. The quantitative estimate of drug-likeness (QED) is 0.118.